The highest BCUT2D eigenvalue weighted by Crippen LogP contribution is 2.31. The third-order valence-electron chi connectivity index (χ3n) is 6.15. The second-order valence-electron chi connectivity index (χ2n) is 8.62. The summed E-state index contributed by atoms with van der Waals surface area (Å²) in [6.07, 6.45) is 0. The minimum absolute atomic E-state index is 0.00260. The summed E-state index contributed by atoms with van der Waals surface area (Å²) in [5, 5.41) is 5.15. The average Bonchev–Trinajstić information content (AvgIpc) is 3.57. The van der Waals surface area contributed by atoms with E-state index in [0.29, 0.717) is 44.9 Å². The Balaban J connectivity index is 1.44. The molecule has 0 saturated heterocycles. The number of aryl methyl sites for hydroxylation is 1. The van der Waals surface area contributed by atoms with E-state index in [4.69, 9.17) is 30.2 Å². The second kappa shape index (κ2) is 11.5. The van der Waals surface area contributed by atoms with Crippen LogP contribution in [0.3, 0.4) is 0 Å². The van der Waals surface area contributed by atoms with Crippen molar-refractivity contribution in [3.63, 3.8) is 0 Å². The van der Waals surface area contributed by atoms with Crippen LogP contribution in [0.4, 0.5) is 0 Å². The summed E-state index contributed by atoms with van der Waals surface area (Å²) < 4.78 is 23.1. The molecule has 0 bridgehead atoms. The van der Waals surface area contributed by atoms with Crippen molar-refractivity contribution < 1.29 is 28.2 Å². The number of methoxy groups -OCH3 is 2. The van der Waals surface area contributed by atoms with Crippen molar-refractivity contribution in [2.24, 2.45) is 0 Å². The summed E-state index contributed by atoms with van der Waals surface area (Å²) in [6.45, 7) is 1.98. The van der Waals surface area contributed by atoms with Crippen LogP contribution in [-0.4, -0.2) is 40.9 Å². The summed E-state index contributed by atoms with van der Waals surface area (Å²) in [5.41, 5.74) is 2.72. The summed E-state index contributed by atoms with van der Waals surface area (Å²) in [6, 6.07) is 23.2. The van der Waals surface area contributed by atoms with Gasteiger partial charge in [0.2, 0.25) is 5.89 Å². The number of nitrogens with zero attached hydrogens (tertiary/aromatic N) is 3. The Labute approximate surface area is 234 Å². The van der Waals surface area contributed by atoms with Gasteiger partial charge in [-0.3, -0.25) is 0 Å². The smallest absolute Gasteiger partial charge is 0.357 e. The SMILES string of the molecule is COC(=O)c1c(-c2ccc(OCc3nc(-c4ccccc4Cl)oc3C)cc2)nn(-c2ccccc2)c1C(=O)OC. The predicted octanol–water partition coefficient (Wildman–Crippen LogP) is 6.31. The van der Waals surface area contributed by atoms with Crippen LogP contribution < -0.4 is 4.74 Å². The molecular weight excluding hydrogens is 534 g/mol. The topological polar surface area (TPSA) is 106 Å². The molecule has 2 aromatic heterocycles. The maximum Gasteiger partial charge on any atom is 0.357 e. The molecule has 0 amide bonds. The van der Waals surface area contributed by atoms with Gasteiger partial charge in [-0.15, -0.1) is 0 Å². The van der Waals surface area contributed by atoms with Crippen molar-refractivity contribution in [3.8, 4) is 34.1 Å². The fraction of sp³-hybridized carbons (Fsp3) is 0.133. The average molecular weight is 558 g/mol. The predicted molar refractivity (Wildman–Crippen MR) is 148 cm³/mol. The maximum atomic E-state index is 12.8. The Hall–Kier alpha value is -4.89. The zero-order chi connectivity index (χ0) is 28.2. The first-order valence-electron chi connectivity index (χ1n) is 12.2. The highest BCUT2D eigenvalue weighted by molar-refractivity contribution is 6.33. The van der Waals surface area contributed by atoms with Crippen LogP contribution in [0.25, 0.3) is 28.4 Å². The Bertz CT molecular complexity index is 1680. The molecular formula is C30H24ClN3O6. The van der Waals surface area contributed by atoms with E-state index in [1.54, 1.807) is 54.6 Å². The van der Waals surface area contributed by atoms with Crippen molar-refractivity contribution in [1.29, 1.82) is 0 Å². The molecule has 0 N–H and O–H groups in total. The molecule has 40 heavy (non-hydrogen) atoms. The molecule has 5 aromatic rings. The molecule has 3 aromatic carbocycles. The highest BCUT2D eigenvalue weighted by Gasteiger charge is 2.31. The molecule has 5 rings (SSSR count). The first kappa shape index (κ1) is 26.7. The third kappa shape index (κ3) is 5.19. The number of oxazole rings is 1. The molecule has 0 unspecified atom stereocenters. The molecule has 9 nitrogen and oxygen atoms in total. The Morgan fingerprint density at radius 1 is 0.900 bits per heavy atom. The summed E-state index contributed by atoms with van der Waals surface area (Å²) in [7, 11) is 2.48. The number of carbonyl (C=O) groups is 2. The lowest BCUT2D eigenvalue weighted by Gasteiger charge is -2.07. The second-order valence-corrected chi connectivity index (χ2v) is 9.02. The Kier molecular flexibility index (Phi) is 7.65. The van der Waals surface area contributed by atoms with Gasteiger partial charge in [-0.2, -0.15) is 5.10 Å². The standard InChI is InChI=1S/C30H24ClN3O6/c1-18-24(32-28(40-18)22-11-7-8-12-23(22)31)17-39-21-15-13-19(14-16-21)26-25(29(35)37-2)27(30(36)38-3)34(33-26)20-9-5-4-6-10-20/h4-16H,17H2,1-3H3. The number of benzene rings is 3. The number of esters is 2. The molecule has 0 spiro atoms. The van der Waals surface area contributed by atoms with Crippen LogP contribution in [0, 0.1) is 6.92 Å². The van der Waals surface area contributed by atoms with Gasteiger partial charge < -0.3 is 18.6 Å². The summed E-state index contributed by atoms with van der Waals surface area (Å²) in [5.74, 6) is 0.162. The normalized spacial score (nSPS) is 10.8. The van der Waals surface area contributed by atoms with Gasteiger partial charge in [-0.05, 0) is 55.5 Å². The van der Waals surface area contributed by atoms with Gasteiger partial charge >= 0.3 is 11.9 Å². The molecule has 0 aliphatic carbocycles. The van der Waals surface area contributed by atoms with Crippen LogP contribution in [0.5, 0.6) is 5.75 Å². The number of hydrogen-bond acceptors (Lipinski definition) is 8. The Morgan fingerprint density at radius 3 is 2.25 bits per heavy atom. The van der Waals surface area contributed by atoms with Crippen LogP contribution in [0.1, 0.15) is 32.3 Å². The van der Waals surface area contributed by atoms with Crippen molar-refractivity contribution in [2.45, 2.75) is 13.5 Å². The van der Waals surface area contributed by atoms with Crippen molar-refractivity contribution in [1.82, 2.24) is 14.8 Å². The van der Waals surface area contributed by atoms with E-state index in [1.807, 2.05) is 31.2 Å². The first-order chi connectivity index (χ1) is 19.4. The van der Waals surface area contributed by atoms with Crippen molar-refractivity contribution in [3.05, 3.63) is 107 Å². The van der Waals surface area contributed by atoms with Gasteiger partial charge in [-0.25, -0.2) is 19.3 Å². The van der Waals surface area contributed by atoms with Gasteiger partial charge in [0.1, 0.15) is 35.1 Å². The van der Waals surface area contributed by atoms with Crippen LogP contribution in [0.2, 0.25) is 5.02 Å². The van der Waals surface area contributed by atoms with Gasteiger partial charge in [0.05, 0.1) is 30.5 Å². The van der Waals surface area contributed by atoms with Gasteiger partial charge in [0.15, 0.2) is 5.69 Å². The van der Waals surface area contributed by atoms with E-state index in [9.17, 15) is 9.59 Å². The molecule has 0 aliphatic heterocycles. The molecule has 0 saturated carbocycles. The zero-order valence-corrected chi connectivity index (χ0v) is 22.6. The van der Waals surface area contributed by atoms with Crippen LogP contribution in [-0.2, 0) is 16.1 Å². The fourth-order valence-corrected chi connectivity index (χ4v) is 4.35. The fourth-order valence-electron chi connectivity index (χ4n) is 4.13. The monoisotopic (exact) mass is 557 g/mol. The van der Waals surface area contributed by atoms with Crippen molar-refractivity contribution in [2.75, 3.05) is 14.2 Å². The largest absolute Gasteiger partial charge is 0.487 e. The van der Waals surface area contributed by atoms with E-state index < -0.39 is 11.9 Å². The van der Waals surface area contributed by atoms with E-state index in [-0.39, 0.29) is 23.6 Å². The molecule has 0 radical (unpaired) electrons. The van der Waals surface area contributed by atoms with E-state index in [2.05, 4.69) is 10.1 Å². The first-order valence-corrected chi connectivity index (χ1v) is 12.6. The number of carbonyl (C=O) groups excluding carboxylic acids is 2. The molecule has 2 heterocycles. The number of para-hydroxylation sites is 1. The molecule has 0 aliphatic rings. The van der Waals surface area contributed by atoms with Crippen molar-refractivity contribution >= 4 is 23.5 Å². The third-order valence-corrected chi connectivity index (χ3v) is 6.48. The number of ether oxygens (including phenoxy) is 3. The lowest BCUT2D eigenvalue weighted by atomic mass is 10.1. The van der Waals surface area contributed by atoms with Crippen LogP contribution in [0.15, 0.2) is 83.3 Å². The maximum absolute atomic E-state index is 12.8. The lowest BCUT2D eigenvalue weighted by molar-refractivity contribution is 0.0549. The van der Waals surface area contributed by atoms with E-state index >= 15 is 0 Å². The van der Waals surface area contributed by atoms with Crippen LogP contribution >= 0.6 is 11.6 Å². The molecule has 10 heteroatoms. The minimum Gasteiger partial charge on any atom is -0.487 e. The molecule has 202 valence electrons. The van der Waals surface area contributed by atoms with E-state index in [1.165, 1.54) is 18.9 Å². The number of aromatic nitrogens is 3. The number of rotatable bonds is 8. The number of hydrogen-bond donors (Lipinski definition) is 0. The highest BCUT2D eigenvalue weighted by atomic mass is 35.5. The minimum atomic E-state index is -0.720. The van der Waals surface area contributed by atoms with Gasteiger partial charge in [-0.1, -0.05) is 41.9 Å². The summed E-state index contributed by atoms with van der Waals surface area (Å²) >= 11 is 6.28. The lowest BCUT2D eigenvalue weighted by Crippen LogP contribution is -2.15. The summed E-state index contributed by atoms with van der Waals surface area (Å²) in [4.78, 5) is 30.2. The number of halogens is 1. The molecule has 0 fully saturated rings. The van der Waals surface area contributed by atoms with Gasteiger partial charge in [0.25, 0.3) is 0 Å². The van der Waals surface area contributed by atoms with Gasteiger partial charge in [0, 0.05) is 5.56 Å². The Morgan fingerprint density at radius 2 is 1.57 bits per heavy atom. The zero-order valence-electron chi connectivity index (χ0n) is 21.9. The quantitative estimate of drug-likeness (QED) is 0.204. The van der Waals surface area contributed by atoms with E-state index in [0.717, 1.165) is 0 Å². The molecule has 0 atom stereocenters.